The maximum Gasteiger partial charge on any atom is 0.321 e. The van der Waals surface area contributed by atoms with Gasteiger partial charge in [-0.1, -0.05) is 48.2 Å². The van der Waals surface area contributed by atoms with Crippen LogP contribution >= 0.6 is 11.8 Å². The van der Waals surface area contributed by atoms with Crippen molar-refractivity contribution in [3.63, 3.8) is 0 Å². The van der Waals surface area contributed by atoms with E-state index < -0.39 is 11.3 Å². The maximum absolute atomic E-state index is 12.3. The second-order valence-corrected chi connectivity index (χ2v) is 7.74. The molecule has 8 heteroatoms. The molecule has 1 heterocycles. The molecule has 0 saturated heterocycles. The van der Waals surface area contributed by atoms with Gasteiger partial charge in [-0.2, -0.15) is 0 Å². The van der Waals surface area contributed by atoms with Crippen LogP contribution in [-0.2, 0) is 17.9 Å². The van der Waals surface area contributed by atoms with Gasteiger partial charge in [0.05, 0.1) is 5.25 Å². The molecule has 0 aliphatic heterocycles. The molecule has 1 atom stereocenters. The Labute approximate surface area is 162 Å². The fourth-order valence-electron chi connectivity index (χ4n) is 2.58. The summed E-state index contributed by atoms with van der Waals surface area (Å²) >= 11 is 1.29. The average Bonchev–Trinajstić information content (AvgIpc) is 3.44. The van der Waals surface area contributed by atoms with E-state index in [1.54, 1.807) is 13.0 Å². The number of carbonyl (C=O) groups is 2. The number of thioether (sulfide) groups is 1. The third kappa shape index (κ3) is 5.19. The zero-order chi connectivity index (χ0) is 19.2. The molecule has 2 N–H and O–H groups in total. The summed E-state index contributed by atoms with van der Waals surface area (Å²) < 4.78 is 1.99. The lowest BCUT2D eigenvalue weighted by Gasteiger charge is -2.12. The molecule has 27 heavy (non-hydrogen) atoms. The topological polar surface area (TPSA) is 88.9 Å². The lowest BCUT2D eigenvalue weighted by Crippen LogP contribution is -2.42. The molecular weight excluding hydrogens is 362 g/mol. The zero-order valence-electron chi connectivity index (χ0n) is 15.2. The Bertz CT molecular complexity index is 817. The molecule has 1 aliphatic carbocycles. The van der Waals surface area contributed by atoms with Gasteiger partial charge in [-0.05, 0) is 25.3 Å². The van der Waals surface area contributed by atoms with Crippen LogP contribution in [0.5, 0.6) is 0 Å². The molecule has 1 unspecified atom stereocenters. The van der Waals surface area contributed by atoms with Crippen molar-refractivity contribution in [2.75, 3.05) is 0 Å². The van der Waals surface area contributed by atoms with E-state index in [-0.39, 0.29) is 5.91 Å². The second kappa shape index (κ2) is 8.85. The molecule has 1 aromatic heterocycles. The van der Waals surface area contributed by atoms with E-state index >= 15 is 0 Å². The number of urea groups is 1. The highest BCUT2D eigenvalue weighted by atomic mass is 32.2. The average molecular weight is 385 g/mol. The van der Waals surface area contributed by atoms with E-state index in [4.69, 9.17) is 0 Å². The first-order valence-electron chi connectivity index (χ1n) is 8.91. The lowest BCUT2D eigenvalue weighted by molar-refractivity contribution is -0.119. The van der Waals surface area contributed by atoms with E-state index in [1.165, 1.54) is 11.8 Å². The van der Waals surface area contributed by atoms with Crippen LogP contribution in [0, 0.1) is 0 Å². The van der Waals surface area contributed by atoms with Gasteiger partial charge in [0.15, 0.2) is 5.16 Å². The van der Waals surface area contributed by atoms with Gasteiger partial charge in [0.1, 0.15) is 5.82 Å². The van der Waals surface area contributed by atoms with Crippen molar-refractivity contribution in [3.8, 4) is 0 Å². The maximum atomic E-state index is 12.3. The van der Waals surface area contributed by atoms with Gasteiger partial charge in [0.25, 0.3) is 0 Å². The molecule has 3 rings (SSSR count). The SMILES string of the molecule is C=CCn1c(SC(C)C(=O)NC(=O)NCc2ccccc2)nnc1C1CC1. The van der Waals surface area contributed by atoms with Gasteiger partial charge < -0.3 is 9.88 Å². The van der Waals surface area contributed by atoms with Crippen LogP contribution in [0.25, 0.3) is 0 Å². The first-order valence-corrected chi connectivity index (χ1v) is 9.79. The van der Waals surface area contributed by atoms with Crippen molar-refractivity contribution in [2.24, 2.45) is 0 Å². The van der Waals surface area contributed by atoms with Gasteiger partial charge in [-0.25, -0.2) is 4.79 Å². The van der Waals surface area contributed by atoms with E-state index in [2.05, 4.69) is 27.4 Å². The highest BCUT2D eigenvalue weighted by molar-refractivity contribution is 8.00. The predicted molar refractivity (Wildman–Crippen MR) is 104 cm³/mol. The molecule has 3 amide bonds. The Balaban J connectivity index is 1.53. The van der Waals surface area contributed by atoms with Crippen LogP contribution in [0.15, 0.2) is 48.1 Å². The van der Waals surface area contributed by atoms with Crippen molar-refractivity contribution in [1.29, 1.82) is 0 Å². The minimum absolute atomic E-state index is 0.361. The number of imide groups is 1. The van der Waals surface area contributed by atoms with E-state index in [1.807, 2.05) is 34.9 Å². The number of hydrogen-bond acceptors (Lipinski definition) is 5. The van der Waals surface area contributed by atoms with Crippen LogP contribution < -0.4 is 10.6 Å². The molecule has 7 nitrogen and oxygen atoms in total. The molecule has 0 radical (unpaired) electrons. The summed E-state index contributed by atoms with van der Waals surface area (Å²) in [5.41, 5.74) is 0.965. The molecule has 0 bridgehead atoms. The number of hydrogen-bond donors (Lipinski definition) is 2. The normalized spacial score (nSPS) is 14.4. The summed E-state index contributed by atoms with van der Waals surface area (Å²) in [5.74, 6) is 1.04. The third-order valence-electron chi connectivity index (χ3n) is 4.18. The van der Waals surface area contributed by atoms with Crippen LogP contribution in [0.4, 0.5) is 4.79 Å². The number of amides is 3. The lowest BCUT2D eigenvalue weighted by atomic mass is 10.2. The van der Waals surface area contributed by atoms with Crippen LogP contribution in [0.2, 0.25) is 0 Å². The summed E-state index contributed by atoms with van der Waals surface area (Å²) in [7, 11) is 0. The van der Waals surface area contributed by atoms with Gasteiger partial charge in [0, 0.05) is 19.0 Å². The Morgan fingerprint density at radius 2 is 2.07 bits per heavy atom. The minimum atomic E-state index is -0.512. The fourth-order valence-corrected chi connectivity index (χ4v) is 3.44. The molecule has 0 spiro atoms. The van der Waals surface area contributed by atoms with Gasteiger partial charge >= 0.3 is 6.03 Å². The van der Waals surface area contributed by atoms with E-state index in [9.17, 15) is 9.59 Å². The van der Waals surface area contributed by atoms with Crippen LogP contribution in [-0.4, -0.2) is 32.0 Å². The number of rotatable bonds is 8. The summed E-state index contributed by atoms with van der Waals surface area (Å²) in [5, 5.41) is 13.7. The zero-order valence-corrected chi connectivity index (χ0v) is 16.0. The Morgan fingerprint density at radius 1 is 1.33 bits per heavy atom. The first-order chi connectivity index (χ1) is 13.1. The molecule has 1 fully saturated rings. The minimum Gasteiger partial charge on any atom is -0.334 e. The quantitative estimate of drug-likeness (QED) is 0.539. The standard InChI is InChI=1S/C19H23N5O2S/c1-3-11-24-16(15-9-10-15)22-23-19(24)27-13(2)17(25)21-18(26)20-12-14-7-5-4-6-8-14/h3-8,13,15H,1,9-12H2,2H3,(H2,20,21,25,26). The smallest absolute Gasteiger partial charge is 0.321 e. The number of nitrogens with one attached hydrogen (secondary N) is 2. The number of nitrogens with zero attached hydrogens (tertiary/aromatic N) is 3. The monoisotopic (exact) mass is 385 g/mol. The molecule has 2 aromatic rings. The Morgan fingerprint density at radius 3 is 2.74 bits per heavy atom. The molecule has 142 valence electrons. The highest BCUT2D eigenvalue weighted by Gasteiger charge is 2.31. The van der Waals surface area contributed by atoms with Crippen molar-refractivity contribution in [3.05, 3.63) is 54.4 Å². The first kappa shape index (κ1) is 19.2. The van der Waals surface area contributed by atoms with Crippen molar-refractivity contribution in [2.45, 2.75) is 49.2 Å². The number of carbonyl (C=O) groups excluding carboxylic acids is 2. The molecule has 1 saturated carbocycles. The van der Waals surface area contributed by atoms with Gasteiger partial charge in [-0.15, -0.1) is 16.8 Å². The highest BCUT2D eigenvalue weighted by Crippen LogP contribution is 2.40. The molecule has 1 aromatic carbocycles. The van der Waals surface area contributed by atoms with Crippen LogP contribution in [0.3, 0.4) is 0 Å². The molecule has 1 aliphatic rings. The number of benzene rings is 1. The fraction of sp³-hybridized carbons (Fsp3) is 0.368. The van der Waals surface area contributed by atoms with E-state index in [0.29, 0.717) is 24.2 Å². The Hall–Kier alpha value is -2.61. The summed E-state index contributed by atoms with van der Waals surface area (Å²) in [4.78, 5) is 24.3. The van der Waals surface area contributed by atoms with Gasteiger partial charge in [0.2, 0.25) is 5.91 Å². The third-order valence-corrected chi connectivity index (χ3v) is 5.26. The van der Waals surface area contributed by atoms with Crippen molar-refractivity contribution >= 4 is 23.7 Å². The van der Waals surface area contributed by atoms with Crippen molar-refractivity contribution < 1.29 is 9.59 Å². The van der Waals surface area contributed by atoms with Crippen LogP contribution in [0.1, 0.15) is 37.1 Å². The summed E-state index contributed by atoms with van der Waals surface area (Å²) in [6.07, 6.45) is 4.04. The van der Waals surface area contributed by atoms with Gasteiger partial charge in [-0.3, -0.25) is 10.1 Å². The molecular formula is C19H23N5O2S. The summed E-state index contributed by atoms with van der Waals surface area (Å²) in [6, 6.07) is 9.01. The summed E-state index contributed by atoms with van der Waals surface area (Å²) in [6.45, 7) is 6.49. The second-order valence-electron chi connectivity index (χ2n) is 6.43. The van der Waals surface area contributed by atoms with E-state index in [0.717, 1.165) is 24.2 Å². The van der Waals surface area contributed by atoms with Crippen molar-refractivity contribution in [1.82, 2.24) is 25.4 Å². The predicted octanol–water partition coefficient (Wildman–Crippen LogP) is 2.85. The number of allylic oxidation sites excluding steroid dienone is 1. The number of aromatic nitrogens is 3. The largest absolute Gasteiger partial charge is 0.334 e. The Kier molecular flexibility index (Phi) is 6.28.